The third kappa shape index (κ3) is 1.56. The molecule has 0 radical (unpaired) electrons. The van der Waals surface area contributed by atoms with E-state index < -0.39 is 0 Å². The summed E-state index contributed by atoms with van der Waals surface area (Å²) >= 11 is 1.64. The maximum atomic E-state index is 12.8. The molecule has 3 heteroatoms. The zero-order valence-corrected chi connectivity index (χ0v) is 8.36. The summed E-state index contributed by atoms with van der Waals surface area (Å²) in [6, 6.07) is 4.75. The third-order valence-electron chi connectivity index (χ3n) is 1.86. The van der Waals surface area contributed by atoms with Crippen LogP contribution in [0.2, 0.25) is 0 Å². The number of rotatable bonds is 1. The highest BCUT2D eigenvalue weighted by atomic mass is 32.1. The predicted octanol–water partition coefficient (Wildman–Crippen LogP) is 3.56. The molecule has 0 amide bonds. The van der Waals surface area contributed by atoms with Crippen LogP contribution in [-0.2, 0) is 0 Å². The van der Waals surface area contributed by atoms with E-state index in [0.717, 1.165) is 15.2 Å². The first-order valence-corrected chi connectivity index (χ1v) is 5.04. The monoisotopic (exact) mass is 195 g/mol. The zero-order valence-electron chi connectivity index (χ0n) is 7.54. The number of halogens is 1. The van der Waals surface area contributed by atoms with E-state index in [0.29, 0.717) is 5.92 Å². The maximum Gasteiger partial charge on any atom is 0.125 e. The fourth-order valence-electron chi connectivity index (χ4n) is 1.17. The normalized spacial score (nSPS) is 11.4. The summed E-state index contributed by atoms with van der Waals surface area (Å²) in [6.45, 7) is 4.18. The lowest BCUT2D eigenvalue weighted by Gasteiger charge is -1.94. The van der Waals surface area contributed by atoms with Gasteiger partial charge in [-0.15, -0.1) is 11.3 Å². The van der Waals surface area contributed by atoms with Crippen LogP contribution >= 0.6 is 11.3 Å². The summed E-state index contributed by atoms with van der Waals surface area (Å²) in [4.78, 5) is 4.35. The lowest BCUT2D eigenvalue weighted by molar-refractivity contribution is 0.629. The number of hydrogen-bond acceptors (Lipinski definition) is 2. The second-order valence-corrected chi connectivity index (χ2v) is 4.38. The van der Waals surface area contributed by atoms with Crippen molar-refractivity contribution in [2.45, 2.75) is 19.8 Å². The molecule has 1 aromatic carbocycles. The number of nitrogens with zero attached hydrogens (tertiary/aromatic N) is 1. The van der Waals surface area contributed by atoms with Crippen molar-refractivity contribution in [3.8, 4) is 0 Å². The third-order valence-corrected chi connectivity index (χ3v) is 3.20. The van der Waals surface area contributed by atoms with E-state index in [9.17, 15) is 4.39 Å². The summed E-state index contributed by atoms with van der Waals surface area (Å²) in [6.07, 6.45) is 0. The van der Waals surface area contributed by atoms with Crippen LogP contribution in [0.25, 0.3) is 10.2 Å². The largest absolute Gasteiger partial charge is 0.241 e. The first kappa shape index (κ1) is 8.63. The molecule has 0 aliphatic carbocycles. The van der Waals surface area contributed by atoms with Crippen LogP contribution in [0.4, 0.5) is 4.39 Å². The first-order chi connectivity index (χ1) is 6.16. The SMILES string of the molecule is CC(C)c1nc2cc(F)ccc2s1. The van der Waals surface area contributed by atoms with Gasteiger partial charge in [-0.1, -0.05) is 13.8 Å². The standard InChI is InChI=1S/C10H10FNS/c1-6(2)10-12-8-5-7(11)3-4-9(8)13-10/h3-6H,1-2H3. The van der Waals surface area contributed by atoms with E-state index in [2.05, 4.69) is 18.8 Å². The highest BCUT2D eigenvalue weighted by Crippen LogP contribution is 2.27. The number of aromatic nitrogens is 1. The Morgan fingerprint density at radius 1 is 1.38 bits per heavy atom. The van der Waals surface area contributed by atoms with Crippen LogP contribution in [0.1, 0.15) is 24.8 Å². The zero-order chi connectivity index (χ0) is 9.42. The summed E-state index contributed by atoms with van der Waals surface area (Å²) in [5.74, 6) is 0.202. The van der Waals surface area contributed by atoms with Crippen molar-refractivity contribution < 1.29 is 4.39 Å². The Kier molecular flexibility index (Phi) is 2.04. The van der Waals surface area contributed by atoms with Crippen molar-refractivity contribution in [1.82, 2.24) is 4.98 Å². The van der Waals surface area contributed by atoms with Gasteiger partial charge in [0.2, 0.25) is 0 Å². The second-order valence-electron chi connectivity index (χ2n) is 3.32. The molecule has 1 aromatic heterocycles. The minimum Gasteiger partial charge on any atom is -0.241 e. The van der Waals surface area contributed by atoms with Crippen LogP contribution in [0.5, 0.6) is 0 Å². The lowest BCUT2D eigenvalue weighted by atomic mass is 10.2. The number of fused-ring (bicyclic) bond motifs is 1. The fraction of sp³-hybridized carbons (Fsp3) is 0.300. The molecule has 0 saturated heterocycles. The average Bonchev–Trinajstić information content (AvgIpc) is 2.46. The Labute approximate surface area is 80.2 Å². The number of benzene rings is 1. The molecule has 0 unspecified atom stereocenters. The summed E-state index contributed by atoms with van der Waals surface area (Å²) < 4.78 is 13.9. The Bertz CT molecular complexity index is 433. The molecule has 1 heterocycles. The molecule has 2 rings (SSSR count). The van der Waals surface area contributed by atoms with Crippen LogP contribution in [-0.4, -0.2) is 4.98 Å². The van der Waals surface area contributed by atoms with Crippen LogP contribution < -0.4 is 0 Å². The van der Waals surface area contributed by atoms with E-state index in [1.165, 1.54) is 12.1 Å². The van der Waals surface area contributed by atoms with Crippen molar-refractivity contribution >= 4 is 21.6 Å². The Hall–Kier alpha value is -0.960. The molecule has 68 valence electrons. The quantitative estimate of drug-likeness (QED) is 0.678. The van der Waals surface area contributed by atoms with E-state index in [-0.39, 0.29) is 5.82 Å². The van der Waals surface area contributed by atoms with Crippen molar-refractivity contribution in [2.75, 3.05) is 0 Å². The van der Waals surface area contributed by atoms with Gasteiger partial charge in [0, 0.05) is 12.0 Å². The van der Waals surface area contributed by atoms with Gasteiger partial charge in [0.05, 0.1) is 15.2 Å². The minimum absolute atomic E-state index is 0.215. The van der Waals surface area contributed by atoms with Crippen molar-refractivity contribution in [1.29, 1.82) is 0 Å². The van der Waals surface area contributed by atoms with Crippen LogP contribution in [0.15, 0.2) is 18.2 Å². The molecule has 2 aromatic rings. The fourth-order valence-corrected chi connectivity index (χ4v) is 2.12. The van der Waals surface area contributed by atoms with Gasteiger partial charge < -0.3 is 0 Å². The van der Waals surface area contributed by atoms with E-state index >= 15 is 0 Å². The van der Waals surface area contributed by atoms with Crippen LogP contribution in [0.3, 0.4) is 0 Å². The van der Waals surface area contributed by atoms with Gasteiger partial charge in [0.1, 0.15) is 5.82 Å². The van der Waals surface area contributed by atoms with E-state index in [1.807, 2.05) is 0 Å². The number of hydrogen-bond donors (Lipinski definition) is 0. The Balaban J connectivity index is 2.62. The lowest BCUT2D eigenvalue weighted by Crippen LogP contribution is -1.83. The van der Waals surface area contributed by atoms with E-state index in [4.69, 9.17) is 0 Å². The molecule has 0 aliphatic rings. The van der Waals surface area contributed by atoms with Gasteiger partial charge in [0.15, 0.2) is 0 Å². The summed E-state index contributed by atoms with van der Waals surface area (Å²) in [5.41, 5.74) is 0.772. The molecule has 13 heavy (non-hydrogen) atoms. The molecular weight excluding hydrogens is 185 g/mol. The van der Waals surface area contributed by atoms with Gasteiger partial charge in [-0.25, -0.2) is 9.37 Å². The van der Waals surface area contributed by atoms with Crippen molar-refractivity contribution in [2.24, 2.45) is 0 Å². The Morgan fingerprint density at radius 3 is 2.85 bits per heavy atom. The summed E-state index contributed by atoms with van der Waals surface area (Å²) in [7, 11) is 0. The summed E-state index contributed by atoms with van der Waals surface area (Å²) in [5, 5.41) is 1.07. The second kappa shape index (κ2) is 3.07. The maximum absolute atomic E-state index is 12.8. The minimum atomic E-state index is -0.215. The highest BCUT2D eigenvalue weighted by Gasteiger charge is 2.07. The molecule has 1 nitrogen and oxygen atoms in total. The molecule has 0 atom stereocenters. The number of thiazole rings is 1. The predicted molar refractivity (Wildman–Crippen MR) is 53.7 cm³/mol. The highest BCUT2D eigenvalue weighted by molar-refractivity contribution is 7.18. The van der Waals surface area contributed by atoms with Gasteiger partial charge in [-0.3, -0.25) is 0 Å². The van der Waals surface area contributed by atoms with E-state index in [1.54, 1.807) is 17.4 Å². The molecule has 0 fully saturated rings. The topological polar surface area (TPSA) is 12.9 Å². The van der Waals surface area contributed by atoms with Gasteiger partial charge in [-0.05, 0) is 12.1 Å². The van der Waals surface area contributed by atoms with Crippen molar-refractivity contribution in [3.05, 3.63) is 29.0 Å². The average molecular weight is 195 g/mol. The molecule has 0 bridgehead atoms. The first-order valence-electron chi connectivity index (χ1n) is 4.23. The molecule has 0 saturated carbocycles. The van der Waals surface area contributed by atoms with Gasteiger partial charge in [0.25, 0.3) is 0 Å². The van der Waals surface area contributed by atoms with Gasteiger partial charge >= 0.3 is 0 Å². The molecule has 0 aliphatic heterocycles. The van der Waals surface area contributed by atoms with Crippen molar-refractivity contribution in [3.63, 3.8) is 0 Å². The Morgan fingerprint density at radius 2 is 2.15 bits per heavy atom. The molecular formula is C10H10FNS. The van der Waals surface area contributed by atoms with Crippen LogP contribution in [0, 0.1) is 5.82 Å². The smallest absolute Gasteiger partial charge is 0.125 e. The molecule has 0 spiro atoms. The molecule has 0 N–H and O–H groups in total. The van der Waals surface area contributed by atoms with Gasteiger partial charge in [-0.2, -0.15) is 0 Å².